The second-order valence-corrected chi connectivity index (χ2v) is 3.67. The zero-order valence-electron chi connectivity index (χ0n) is 9.54. The molecule has 0 heterocycles. The summed E-state index contributed by atoms with van der Waals surface area (Å²) in [5.74, 6) is -0.339. The molecule has 1 aromatic carbocycles. The van der Waals surface area contributed by atoms with Crippen LogP contribution in [0.3, 0.4) is 0 Å². The van der Waals surface area contributed by atoms with Gasteiger partial charge in [0.2, 0.25) is 0 Å². The molecule has 17 heavy (non-hydrogen) atoms. The minimum Gasteiger partial charge on any atom is -0.450 e. The molecule has 1 amide bonds. The van der Waals surface area contributed by atoms with Crippen LogP contribution in [0.25, 0.3) is 0 Å². The number of aryl methyl sites for hydroxylation is 1. The lowest BCUT2D eigenvalue weighted by Crippen LogP contribution is -2.34. The van der Waals surface area contributed by atoms with Crippen molar-refractivity contribution in [2.45, 2.75) is 13.8 Å². The van der Waals surface area contributed by atoms with E-state index in [9.17, 15) is 9.18 Å². The highest BCUT2D eigenvalue weighted by Gasteiger charge is 2.05. The number of carbonyl (C=O) groups is 1. The molecule has 0 saturated heterocycles. The summed E-state index contributed by atoms with van der Waals surface area (Å²) in [6.07, 6.45) is -0.641. The summed E-state index contributed by atoms with van der Waals surface area (Å²) in [5.41, 5.74) is 1.01. The molecule has 0 saturated carbocycles. The van der Waals surface area contributed by atoms with Gasteiger partial charge < -0.3 is 10.1 Å². The molecular formula is C11H13FN2O2S. The van der Waals surface area contributed by atoms with Crippen molar-refractivity contribution in [3.8, 4) is 0 Å². The number of hydrogen-bond donors (Lipinski definition) is 2. The Kier molecular flexibility index (Phi) is 4.84. The molecule has 0 fully saturated rings. The maximum absolute atomic E-state index is 13.2. The zero-order valence-corrected chi connectivity index (χ0v) is 10.4. The number of alkyl carbamates (subject to hydrolysis) is 1. The van der Waals surface area contributed by atoms with Gasteiger partial charge in [0.25, 0.3) is 0 Å². The number of nitrogens with one attached hydrogen (secondary N) is 2. The number of ether oxygens (including phenoxy) is 1. The minimum absolute atomic E-state index is 0.0618. The highest BCUT2D eigenvalue weighted by Crippen LogP contribution is 2.13. The molecule has 2 N–H and O–H groups in total. The van der Waals surface area contributed by atoms with Gasteiger partial charge in [0.15, 0.2) is 5.11 Å². The summed E-state index contributed by atoms with van der Waals surface area (Å²) >= 11 is 4.86. The third-order valence-electron chi connectivity index (χ3n) is 1.92. The van der Waals surface area contributed by atoms with E-state index in [0.717, 1.165) is 0 Å². The van der Waals surface area contributed by atoms with E-state index < -0.39 is 6.09 Å². The number of halogens is 1. The fourth-order valence-corrected chi connectivity index (χ4v) is 1.29. The van der Waals surface area contributed by atoms with Crippen molar-refractivity contribution in [1.82, 2.24) is 5.32 Å². The third kappa shape index (κ3) is 4.36. The largest absolute Gasteiger partial charge is 0.450 e. The van der Waals surface area contributed by atoms with Crippen LogP contribution in [0.5, 0.6) is 0 Å². The average molecular weight is 256 g/mol. The Morgan fingerprint density at radius 3 is 2.82 bits per heavy atom. The molecule has 0 atom stereocenters. The molecule has 0 unspecified atom stereocenters. The van der Waals surface area contributed by atoms with Crippen molar-refractivity contribution >= 4 is 29.1 Å². The average Bonchev–Trinajstić information content (AvgIpc) is 2.23. The van der Waals surface area contributed by atoms with Gasteiger partial charge in [-0.15, -0.1) is 0 Å². The van der Waals surface area contributed by atoms with Crippen LogP contribution in [-0.2, 0) is 4.74 Å². The monoisotopic (exact) mass is 256 g/mol. The predicted molar refractivity (Wildman–Crippen MR) is 67.5 cm³/mol. The van der Waals surface area contributed by atoms with Gasteiger partial charge in [-0.2, -0.15) is 0 Å². The molecular weight excluding hydrogens is 243 g/mol. The highest BCUT2D eigenvalue weighted by atomic mass is 32.1. The topological polar surface area (TPSA) is 50.4 Å². The molecule has 0 bridgehead atoms. The first-order chi connectivity index (χ1) is 8.02. The molecule has 0 aliphatic heterocycles. The summed E-state index contributed by atoms with van der Waals surface area (Å²) in [4.78, 5) is 11.0. The fraction of sp³-hybridized carbons (Fsp3) is 0.273. The normalized spacial score (nSPS) is 9.59. The summed E-state index contributed by atoms with van der Waals surface area (Å²) in [6.45, 7) is 3.60. The molecule has 1 rings (SSSR count). The first-order valence-electron chi connectivity index (χ1n) is 5.04. The summed E-state index contributed by atoms with van der Waals surface area (Å²) < 4.78 is 17.9. The highest BCUT2D eigenvalue weighted by molar-refractivity contribution is 7.80. The Balaban J connectivity index is 2.56. The molecule has 0 aliphatic carbocycles. The SMILES string of the molecule is CCOC(=O)NC(=S)Nc1ccc(C)c(F)c1. The molecule has 0 aromatic heterocycles. The van der Waals surface area contributed by atoms with E-state index in [0.29, 0.717) is 11.3 Å². The second kappa shape index (κ2) is 6.15. The van der Waals surface area contributed by atoms with E-state index in [1.807, 2.05) is 0 Å². The van der Waals surface area contributed by atoms with Crippen molar-refractivity contribution in [2.24, 2.45) is 0 Å². The molecule has 1 aromatic rings. The van der Waals surface area contributed by atoms with Gasteiger partial charge in [0.1, 0.15) is 5.82 Å². The van der Waals surface area contributed by atoms with Gasteiger partial charge in [0.05, 0.1) is 6.61 Å². The van der Waals surface area contributed by atoms with Crippen LogP contribution < -0.4 is 10.6 Å². The first-order valence-corrected chi connectivity index (χ1v) is 5.44. The van der Waals surface area contributed by atoms with Crippen molar-refractivity contribution in [2.75, 3.05) is 11.9 Å². The van der Waals surface area contributed by atoms with Crippen molar-refractivity contribution < 1.29 is 13.9 Å². The van der Waals surface area contributed by atoms with Crippen LogP contribution in [-0.4, -0.2) is 17.8 Å². The van der Waals surface area contributed by atoms with Crippen molar-refractivity contribution in [3.63, 3.8) is 0 Å². The van der Waals surface area contributed by atoms with E-state index in [1.165, 1.54) is 6.07 Å². The quantitative estimate of drug-likeness (QED) is 0.798. The molecule has 0 radical (unpaired) electrons. The van der Waals surface area contributed by atoms with Crippen LogP contribution in [0, 0.1) is 12.7 Å². The van der Waals surface area contributed by atoms with E-state index in [1.54, 1.807) is 26.0 Å². The van der Waals surface area contributed by atoms with E-state index in [4.69, 9.17) is 12.2 Å². The predicted octanol–water partition coefficient (Wildman–Crippen LogP) is 2.58. The lowest BCUT2D eigenvalue weighted by Gasteiger charge is -2.09. The van der Waals surface area contributed by atoms with E-state index in [2.05, 4.69) is 15.4 Å². The summed E-state index contributed by atoms with van der Waals surface area (Å²) in [6, 6.07) is 4.58. The number of hydrogen-bond acceptors (Lipinski definition) is 3. The fourth-order valence-electron chi connectivity index (χ4n) is 1.09. The lowest BCUT2D eigenvalue weighted by atomic mass is 10.2. The van der Waals surface area contributed by atoms with Crippen molar-refractivity contribution in [3.05, 3.63) is 29.6 Å². The number of rotatable bonds is 2. The molecule has 0 spiro atoms. The van der Waals surface area contributed by atoms with Crippen LogP contribution in [0.15, 0.2) is 18.2 Å². The van der Waals surface area contributed by atoms with Gasteiger partial charge in [-0.3, -0.25) is 5.32 Å². The maximum Gasteiger partial charge on any atom is 0.413 e. The Labute approximate surface area is 104 Å². The Morgan fingerprint density at radius 1 is 1.53 bits per heavy atom. The molecule has 4 nitrogen and oxygen atoms in total. The number of benzene rings is 1. The third-order valence-corrected chi connectivity index (χ3v) is 2.12. The van der Waals surface area contributed by atoms with Gasteiger partial charge in [-0.1, -0.05) is 6.07 Å². The van der Waals surface area contributed by atoms with Crippen LogP contribution in [0.4, 0.5) is 14.9 Å². The zero-order chi connectivity index (χ0) is 12.8. The van der Waals surface area contributed by atoms with Crippen molar-refractivity contribution in [1.29, 1.82) is 0 Å². The van der Waals surface area contributed by atoms with Gasteiger partial charge in [-0.05, 0) is 43.8 Å². The van der Waals surface area contributed by atoms with E-state index in [-0.39, 0.29) is 17.5 Å². The Hall–Kier alpha value is -1.69. The number of thiocarbonyl (C=S) groups is 1. The maximum atomic E-state index is 13.2. The van der Waals surface area contributed by atoms with Crippen LogP contribution >= 0.6 is 12.2 Å². The van der Waals surface area contributed by atoms with Crippen LogP contribution in [0.2, 0.25) is 0 Å². The van der Waals surface area contributed by atoms with E-state index >= 15 is 0 Å². The Bertz CT molecular complexity index is 437. The molecule has 92 valence electrons. The Morgan fingerprint density at radius 2 is 2.24 bits per heavy atom. The molecule has 0 aliphatic rings. The van der Waals surface area contributed by atoms with Gasteiger partial charge in [0, 0.05) is 5.69 Å². The lowest BCUT2D eigenvalue weighted by molar-refractivity contribution is 0.158. The number of anilines is 1. The minimum atomic E-state index is -0.641. The molecule has 6 heteroatoms. The van der Waals surface area contributed by atoms with Gasteiger partial charge >= 0.3 is 6.09 Å². The standard InChI is InChI=1S/C11H13FN2O2S/c1-3-16-11(15)14-10(17)13-8-5-4-7(2)9(12)6-8/h4-6H,3H2,1-2H3,(H2,13,14,15,17). The summed E-state index contributed by atoms with van der Waals surface area (Å²) in [7, 11) is 0. The number of amides is 1. The summed E-state index contributed by atoms with van der Waals surface area (Å²) in [5, 5.41) is 5.04. The second-order valence-electron chi connectivity index (χ2n) is 3.26. The van der Waals surface area contributed by atoms with Gasteiger partial charge in [-0.25, -0.2) is 9.18 Å². The smallest absolute Gasteiger partial charge is 0.413 e. The van der Waals surface area contributed by atoms with Crippen LogP contribution in [0.1, 0.15) is 12.5 Å². The number of carbonyl (C=O) groups excluding carboxylic acids is 1. The first kappa shape index (κ1) is 13.4.